The molecule has 1 aliphatic carbocycles. The van der Waals surface area contributed by atoms with Gasteiger partial charge in [0.1, 0.15) is 5.75 Å². The molecule has 1 saturated carbocycles. The van der Waals surface area contributed by atoms with Crippen LogP contribution in [0.4, 0.5) is 0 Å². The van der Waals surface area contributed by atoms with Crippen molar-refractivity contribution in [2.45, 2.75) is 64.5 Å². The van der Waals surface area contributed by atoms with Crippen LogP contribution in [0.5, 0.6) is 5.75 Å². The number of rotatable bonds is 3. The van der Waals surface area contributed by atoms with E-state index < -0.39 is 0 Å². The zero-order chi connectivity index (χ0) is 19.1. The second kappa shape index (κ2) is 6.79. The van der Waals surface area contributed by atoms with E-state index in [2.05, 4.69) is 5.10 Å². The Balaban J connectivity index is 1.45. The Bertz CT molecular complexity index is 909. The molecule has 0 unspecified atom stereocenters. The lowest BCUT2D eigenvalue weighted by atomic mass is 9.92. The van der Waals surface area contributed by atoms with Crippen molar-refractivity contribution < 1.29 is 19.1 Å². The molecule has 1 aliphatic heterocycles. The van der Waals surface area contributed by atoms with Gasteiger partial charge in [0.05, 0.1) is 17.8 Å². The van der Waals surface area contributed by atoms with E-state index in [-0.39, 0.29) is 29.9 Å². The molecule has 0 atom stereocenters. The third-order valence-corrected chi connectivity index (χ3v) is 5.66. The van der Waals surface area contributed by atoms with Crippen LogP contribution in [0.3, 0.4) is 0 Å². The fourth-order valence-corrected chi connectivity index (χ4v) is 4.20. The van der Waals surface area contributed by atoms with Gasteiger partial charge in [0.15, 0.2) is 0 Å². The van der Waals surface area contributed by atoms with E-state index >= 15 is 0 Å². The maximum atomic E-state index is 11.9. The fourth-order valence-electron chi connectivity index (χ4n) is 4.20. The molecule has 0 spiro atoms. The smallest absolute Gasteiger partial charge is 0.244 e. The van der Waals surface area contributed by atoms with Gasteiger partial charge in [-0.25, -0.2) is 4.68 Å². The van der Waals surface area contributed by atoms with Gasteiger partial charge in [-0.15, -0.1) is 0 Å². The first-order valence-corrected chi connectivity index (χ1v) is 9.45. The van der Waals surface area contributed by atoms with E-state index in [1.807, 2.05) is 19.1 Å². The molecule has 4 rings (SSSR count). The maximum absolute atomic E-state index is 11.9. The van der Waals surface area contributed by atoms with Crippen molar-refractivity contribution in [3.8, 4) is 5.75 Å². The summed E-state index contributed by atoms with van der Waals surface area (Å²) in [4.78, 5) is 36.9. The number of aromatic nitrogens is 2. The first kappa shape index (κ1) is 17.7. The Kier molecular flexibility index (Phi) is 4.45. The molecule has 27 heavy (non-hydrogen) atoms. The number of ether oxygens (including phenoxy) is 1. The van der Waals surface area contributed by atoms with Crippen LogP contribution in [0.2, 0.25) is 0 Å². The van der Waals surface area contributed by atoms with Gasteiger partial charge in [0.25, 0.3) is 0 Å². The molecule has 0 N–H and O–H groups in total. The van der Waals surface area contributed by atoms with Crippen molar-refractivity contribution in [3.63, 3.8) is 0 Å². The number of amides is 2. The highest BCUT2D eigenvalue weighted by atomic mass is 16.5. The first-order chi connectivity index (χ1) is 13.0. The lowest BCUT2D eigenvalue weighted by Crippen LogP contribution is -2.43. The number of fused-ring (bicyclic) bond motifs is 1. The molecule has 0 radical (unpaired) electrons. The second-order valence-corrected chi connectivity index (χ2v) is 7.40. The molecule has 1 aromatic heterocycles. The van der Waals surface area contributed by atoms with Crippen molar-refractivity contribution in [2.75, 3.05) is 0 Å². The summed E-state index contributed by atoms with van der Waals surface area (Å²) in [5.74, 6) is 0.603. The second-order valence-electron chi connectivity index (χ2n) is 7.40. The number of carbonyl (C=O) groups is 3. The summed E-state index contributed by atoms with van der Waals surface area (Å²) in [5, 5.41) is 5.06. The van der Waals surface area contributed by atoms with Crippen LogP contribution in [0, 0.1) is 6.92 Å². The number of hydrogen-bond acceptors (Lipinski definition) is 5. The number of imide groups is 1. The molecule has 1 aromatic carbocycles. The summed E-state index contributed by atoms with van der Waals surface area (Å²) < 4.78 is 7.61. The predicted octanol–water partition coefficient (Wildman–Crippen LogP) is 2.84. The minimum Gasteiger partial charge on any atom is -0.490 e. The van der Waals surface area contributed by atoms with E-state index in [1.165, 1.54) is 16.5 Å². The summed E-state index contributed by atoms with van der Waals surface area (Å²) >= 11 is 0. The van der Waals surface area contributed by atoms with Gasteiger partial charge in [-0.1, -0.05) is 0 Å². The first-order valence-electron chi connectivity index (χ1n) is 9.45. The molecular formula is C20H23N3O4. The number of aryl methyl sites for hydroxylation is 1. The fraction of sp³-hybridized carbons (Fsp3) is 0.500. The van der Waals surface area contributed by atoms with E-state index in [9.17, 15) is 14.4 Å². The van der Waals surface area contributed by atoms with E-state index in [1.54, 1.807) is 6.20 Å². The largest absolute Gasteiger partial charge is 0.490 e. The van der Waals surface area contributed by atoms with Crippen LogP contribution in [-0.2, 0) is 9.59 Å². The highest BCUT2D eigenvalue weighted by Crippen LogP contribution is 2.33. The molecule has 2 aliphatic rings. The number of nitrogens with zero attached hydrogens (tertiary/aromatic N) is 3. The van der Waals surface area contributed by atoms with Crippen LogP contribution in [0.25, 0.3) is 10.9 Å². The average molecular weight is 369 g/mol. The molecule has 2 fully saturated rings. The zero-order valence-corrected chi connectivity index (χ0v) is 15.6. The maximum Gasteiger partial charge on any atom is 0.244 e. The summed E-state index contributed by atoms with van der Waals surface area (Å²) in [6, 6.07) is 3.77. The monoisotopic (exact) mass is 369 g/mol. The molecule has 0 bridgehead atoms. The highest BCUT2D eigenvalue weighted by Gasteiger charge is 2.37. The van der Waals surface area contributed by atoms with Gasteiger partial charge in [0.2, 0.25) is 17.7 Å². The summed E-state index contributed by atoms with van der Waals surface area (Å²) in [5.41, 5.74) is 1.74. The Morgan fingerprint density at radius 2 is 1.78 bits per heavy atom. The normalized spacial score (nSPS) is 23.3. The minimum absolute atomic E-state index is 0.0183. The lowest BCUT2D eigenvalue weighted by molar-refractivity contribution is -0.142. The number of likely N-dealkylation sites (tertiary alicyclic amines) is 1. The lowest BCUT2D eigenvalue weighted by Gasteiger charge is -2.33. The topological polar surface area (TPSA) is 81.5 Å². The molecule has 2 aromatic rings. The third-order valence-electron chi connectivity index (χ3n) is 5.66. The Labute approximate surface area is 157 Å². The van der Waals surface area contributed by atoms with Crippen LogP contribution in [-0.4, -0.2) is 44.5 Å². The molecule has 2 amide bonds. The quantitative estimate of drug-likeness (QED) is 0.777. The van der Waals surface area contributed by atoms with Crippen molar-refractivity contribution in [1.82, 2.24) is 14.7 Å². The van der Waals surface area contributed by atoms with Gasteiger partial charge in [-0.05, 0) is 44.7 Å². The predicted molar refractivity (Wildman–Crippen MR) is 98.5 cm³/mol. The molecule has 7 nitrogen and oxygen atoms in total. The number of carbonyl (C=O) groups excluding carboxylic acids is 3. The molecule has 142 valence electrons. The SMILES string of the molecule is CC(=O)n1ncc2c(C)c(O[C@H]3CC[C@@H](N4C(=O)CCC4=O)CC3)ccc21. The summed E-state index contributed by atoms with van der Waals surface area (Å²) in [7, 11) is 0. The van der Waals surface area contributed by atoms with Gasteiger partial charge >= 0.3 is 0 Å². The highest BCUT2D eigenvalue weighted by molar-refractivity contribution is 6.02. The number of benzene rings is 1. The van der Waals surface area contributed by atoms with Crippen LogP contribution < -0.4 is 4.74 Å². The molecule has 7 heteroatoms. The summed E-state index contributed by atoms with van der Waals surface area (Å²) in [6.45, 7) is 3.46. The minimum atomic E-state index is -0.123. The molecule has 2 heterocycles. The Morgan fingerprint density at radius 1 is 1.11 bits per heavy atom. The molecule has 1 saturated heterocycles. The Hall–Kier alpha value is -2.70. The average Bonchev–Trinajstić information content (AvgIpc) is 3.22. The van der Waals surface area contributed by atoms with E-state index in [0.717, 1.165) is 47.9 Å². The van der Waals surface area contributed by atoms with Crippen molar-refractivity contribution >= 4 is 28.6 Å². The van der Waals surface area contributed by atoms with Gasteiger partial charge in [0, 0.05) is 36.8 Å². The van der Waals surface area contributed by atoms with Crippen molar-refractivity contribution in [1.29, 1.82) is 0 Å². The van der Waals surface area contributed by atoms with Gasteiger partial charge < -0.3 is 4.74 Å². The van der Waals surface area contributed by atoms with Gasteiger partial charge in [-0.3, -0.25) is 19.3 Å². The van der Waals surface area contributed by atoms with E-state index in [0.29, 0.717) is 12.8 Å². The van der Waals surface area contributed by atoms with E-state index in [4.69, 9.17) is 4.74 Å². The third kappa shape index (κ3) is 3.11. The van der Waals surface area contributed by atoms with Crippen LogP contribution in [0.1, 0.15) is 55.8 Å². The van der Waals surface area contributed by atoms with Gasteiger partial charge in [-0.2, -0.15) is 5.10 Å². The van der Waals surface area contributed by atoms with Crippen molar-refractivity contribution in [3.05, 3.63) is 23.9 Å². The molecular weight excluding hydrogens is 346 g/mol. The van der Waals surface area contributed by atoms with Crippen LogP contribution >= 0.6 is 0 Å². The zero-order valence-electron chi connectivity index (χ0n) is 15.6. The van der Waals surface area contributed by atoms with Crippen molar-refractivity contribution in [2.24, 2.45) is 0 Å². The standard InChI is InChI=1S/C20H23N3O4/c1-12-16-11-21-23(13(2)24)17(16)7-8-18(12)27-15-5-3-14(4-6-15)22-19(25)9-10-20(22)26/h7-8,11,14-15H,3-6,9-10H2,1-2H3/t14-,15+. The Morgan fingerprint density at radius 3 is 2.41 bits per heavy atom. The number of hydrogen-bond donors (Lipinski definition) is 0. The summed E-state index contributed by atoms with van der Waals surface area (Å²) in [6.07, 6.45) is 5.65. The van der Waals surface area contributed by atoms with Crippen LogP contribution in [0.15, 0.2) is 18.3 Å².